The highest BCUT2D eigenvalue weighted by Crippen LogP contribution is 2.42. The Kier molecular flexibility index (Phi) is 3.76. The molecule has 2 aliphatic carbocycles. The average Bonchev–Trinajstić information content (AvgIpc) is 3.27. The van der Waals surface area contributed by atoms with Crippen molar-refractivity contribution in [2.45, 2.75) is 57.5 Å². The SMILES string of the molecule is Cc1ccc2c(c1)C(N(CC1CCNCC1)C1CC1)CC2. The fourth-order valence-corrected chi connectivity index (χ4v) is 4.34. The van der Waals surface area contributed by atoms with E-state index in [1.165, 1.54) is 63.7 Å². The Morgan fingerprint density at radius 2 is 1.90 bits per heavy atom. The second-order valence-corrected chi connectivity index (χ2v) is 7.38. The summed E-state index contributed by atoms with van der Waals surface area (Å²) in [6.45, 7) is 6.03. The molecule has 1 N–H and O–H groups in total. The minimum atomic E-state index is 0.710. The van der Waals surface area contributed by atoms with Crippen molar-refractivity contribution in [2.24, 2.45) is 5.92 Å². The van der Waals surface area contributed by atoms with Crippen LogP contribution in [-0.2, 0) is 6.42 Å². The molecule has 1 unspecified atom stereocenters. The molecule has 1 atom stereocenters. The van der Waals surface area contributed by atoms with E-state index < -0.39 is 0 Å². The summed E-state index contributed by atoms with van der Waals surface area (Å²) in [4.78, 5) is 2.89. The molecular weight excluding hydrogens is 256 g/mol. The Morgan fingerprint density at radius 1 is 1.10 bits per heavy atom. The van der Waals surface area contributed by atoms with Gasteiger partial charge in [-0.05, 0) is 75.6 Å². The molecule has 0 amide bonds. The second kappa shape index (κ2) is 5.73. The third-order valence-corrected chi connectivity index (χ3v) is 5.69. The molecule has 2 fully saturated rings. The van der Waals surface area contributed by atoms with Gasteiger partial charge in [0.1, 0.15) is 0 Å². The van der Waals surface area contributed by atoms with Crippen LogP contribution in [0.2, 0.25) is 0 Å². The van der Waals surface area contributed by atoms with Crippen molar-refractivity contribution in [1.82, 2.24) is 10.2 Å². The summed E-state index contributed by atoms with van der Waals surface area (Å²) in [7, 11) is 0. The molecule has 1 aromatic carbocycles. The first-order valence-corrected chi connectivity index (χ1v) is 8.87. The van der Waals surface area contributed by atoms with Crippen LogP contribution in [0.5, 0.6) is 0 Å². The number of benzene rings is 1. The van der Waals surface area contributed by atoms with Gasteiger partial charge in [0.15, 0.2) is 0 Å². The van der Waals surface area contributed by atoms with E-state index in [1.807, 2.05) is 0 Å². The van der Waals surface area contributed by atoms with Crippen molar-refractivity contribution in [3.63, 3.8) is 0 Å². The molecule has 0 spiro atoms. The molecule has 1 saturated heterocycles. The highest BCUT2D eigenvalue weighted by molar-refractivity contribution is 5.38. The maximum atomic E-state index is 3.51. The van der Waals surface area contributed by atoms with Crippen LogP contribution in [0.15, 0.2) is 18.2 Å². The number of nitrogens with one attached hydrogen (secondary N) is 1. The first-order chi connectivity index (χ1) is 10.3. The van der Waals surface area contributed by atoms with Crippen molar-refractivity contribution in [3.05, 3.63) is 34.9 Å². The number of fused-ring (bicyclic) bond motifs is 1. The molecule has 0 aromatic heterocycles. The van der Waals surface area contributed by atoms with Crippen LogP contribution in [0.25, 0.3) is 0 Å². The third-order valence-electron chi connectivity index (χ3n) is 5.69. The van der Waals surface area contributed by atoms with Gasteiger partial charge in [-0.15, -0.1) is 0 Å². The van der Waals surface area contributed by atoms with Crippen molar-refractivity contribution in [2.75, 3.05) is 19.6 Å². The van der Waals surface area contributed by atoms with Crippen LogP contribution in [0.1, 0.15) is 54.8 Å². The summed E-state index contributed by atoms with van der Waals surface area (Å²) < 4.78 is 0. The maximum Gasteiger partial charge on any atom is 0.0357 e. The number of hydrogen-bond acceptors (Lipinski definition) is 2. The standard InChI is InChI=1S/C19H28N2/c1-14-2-3-16-4-7-19(18(16)12-14)21(17-5-6-17)13-15-8-10-20-11-9-15/h2-3,12,15,17,19-20H,4-11,13H2,1H3. The zero-order valence-electron chi connectivity index (χ0n) is 13.3. The van der Waals surface area contributed by atoms with Gasteiger partial charge in [0.05, 0.1) is 0 Å². The van der Waals surface area contributed by atoms with E-state index in [4.69, 9.17) is 0 Å². The van der Waals surface area contributed by atoms with Gasteiger partial charge in [-0.25, -0.2) is 0 Å². The van der Waals surface area contributed by atoms with E-state index in [0.717, 1.165) is 12.0 Å². The van der Waals surface area contributed by atoms with Crippen molar-refractivity contribution in [1.29, 1.82) is 0 Å². The van der Waals surface area contributed by atoms with Gasteiger partial charge in [-0.1, -0.05) is 23.8 Å². The van der Waals surface area contributed by atoms with Crippen LogP contribution >= 0.6 is 0 Å². The largest absolute Gasteiger partial charge is 0.317 e. The molecule has 0 bridgehead atoms. The summed E-state index contributed by atoms with van der Waals surface area (Å²) in [5.74, 6) is 0.917. The zero-order chi connectivity index (χ0) is 14.2. The first-order valence-electron chi connectivity index (χ1n) is 8.87. The van der Waals surface area contributed by atoms with Gasteiger partial charge in [-0.3, -0.25) is 4.90 Å². The summed E-state index contributed by atoms with van der Waals surface area (Å²) >= 11 is 0. The van der Waals surface area contributed by atoms with Crippen LogP contribution in [0, 0.1) is 12.8 Å². The molecule has 1 heterocycles. The van der Waals surface area contributed by atoms with Gasteiger partial charge in [0.2, 0.25) is 0 Å². The molecule has 2 nitrogen and oxygen atoms in total. The monoisotopic (exact) mass is 284 g/mol. The van der Waals surface area contributed by atoms with Gasteiger partial charge in [0, 0.05) is 18.6 Å². The average molecular weight is 284 g/mol. The highest BCUT2D eigenvalue weighted by Gasteiger charge is 2.38. The predicted octanol–water partition coefficient (Wildman–Crippen LogP) is 3.45. The van der Waals surface area contributed by atoms with E-state index in [-0.39, 0.29) is 0 Å². The topological polar surface area (TPSA) is 15.3 Å². The quantitative estimate of drug-likeness (QED) is 0.911. The van der Waals surface area contributed by atoms with Gasteiger partial charge in [0.25, 0.3) is 0 Å². The summed E-state index contributed by atoms with van der Waals surface area (Å²) in [5.41, 5.74) is 4.69. The third kappa shape index (κ3) is 2.89. The van der Waals surface area contributed by atoms with E-state index >= 15 is 0 Å². The minimum Gasteiger partial charge on any atom is -0.317 e. The molecule has 1 saturated carbocycles. The molecule has 2 heteroatoms. The first kappa shape index (κ1) is 13.8. The Hall–Kier alpha value is -0.860. The van der Waals surface area contributed by atoms with E-state index in [1.54, 1.807) is 11.1 Å². The molecule has 3 aliphatic rings. The molecule has 21 heavy (non-hydrogen) atoms. The minimum absolute atomic E-state index is 0.710. The Balaban J connectivity index is 1.54. The van der Waals surface area contributed by atoms with Crippen LogP contribution < -0.4 is 5.32 Å². The zero-order valence-corrected chi connectivity index (χ0v) is 13.3. The van der Waals surface area contributed by atoms with Gasteiger partial charge in [-0.2, -0.15) is 0 Å². The smallest absolute Gasteiger partial charge is 0.0357 e. The molecule has 4 rings (SSSR count). The summed E-state index contributed by atoms with van der Waals surface area (Å²) in [6, 6.07) is 8.72. The summed E-state index contributed by atoms with van der Waals surface area (Å²) in [5, 5.41) is 3.51. The number of piperidine rings is 1. The van der Waals surface area contributed by atoms with Crippen molar-refractivity contribution < 1.29 is 0 Å². The normalized spacial score (nSPS) is 26.3. The van der Waals surface area contributed by atoms with E-state index in [0.29, 0.717) is 6.04 Å². The fourth-order valence-electron chi connectivity index (χ4n) is 4.34. The molecule has 114 valence electrons. The van der Waals surface area contributed by atoms with Gasteiger partial charge < -0.3 is 5.32 Å². The fraction of sp³-hybridized carbons (Fsp3) is 0.684. The van der Waals surface area contributed by atoms with Crippen molar-refractivity contribution in [3.8, 4) is 0 Å². The molecule has 1 aromatic rings. The number of aryl methyl sites for hydroxylation is 2. The second-order valence-electron chi connectivity index (χ2n) is 7.38. The Labute approximate surface area is 128 Å². The number of nitrogens with zero attached hydrogens (tertiary/aromatic N) is 1. The van der Waals surface area contributed by atoms with Gasteiger partial charge >= 0.3 is 0 Å². The lowest BCUT2D eigenvalue weighted by Gasteiger charge is -2.35. The Morgan fingerprint density at radius 3 is 2.67 bits per heavy atom. The lowest BCUT2D eigenvalue weighted by molar-refractivity contribution is 0.142. The number of rotatable bonds is 4. The van der Waals surface area contributed by atoms with Crippen LogP contribution in [0.4, 0.5) is 0 Å². The summed E-state index contributed by atoms with van der Waals surface area (Å²) in [6.07, 6.45) is 8.24. The molecule has 0 radical (unpaired) electrons. The lowest BCUT2D eigenvalue weighted by atomic mass is 9.95. The predicted molar refractivity (Wildman–Crippen MR) is 87.6 cm³/mol. The maximum absolute atomic E-state index is 3.51. The Bertz CT molecular complexity index is 500. The van der Waals surface area contributed by atoms with Crippen LogP contribution in [0.3, 0.4) is 0 Å². The lowest BCUT2D eigenvalue weighted by Crippen LogP contribution is -2.38. The molecule has 1 aliphatic heterocycles. The molecular formula is C19H28N2. The van der Waals surface area contributed by atoms with Crippen molar-refractivity contribution >= 4 is 0 Å². The van der Waals surface area contributed by atoms with E-state index in [2.05, 4.69) is 35.3 Å². The van der Waals surface area contributed by atoms with E-state index in [9.17, 15) is 0 Å². The number of hydrogen-bond donors (Lipinski definition) is 1. The highest BCUT2D eigenvalue weighted by atomic mass is 15.2. The van der Waals surface area contributed by atoms with Crippen LogP contribution in [-0.4, -0.2) is 30.6 Å².